The van der Waals surface area contributed by atoms with Gasteiger partial charge in [0.25, 0.3) is 5.91 Å². The Morgan fingerprint density at radius 2 is 1.74 bits per heavy atom. The maximum atomic E-state index is 12.5. The Labute approximate surface area is 139 Å². The number of rotatable bonds is 3. The highest BCUT2D eigenvalue weighted by Gasteiger charge is 2.18. The second kappa shape index (κ2) is 6.22. The van der Waals surface area contributed by atoms with Gasteiger partial charge in [0, 0.05) is 17.8 Å². The largest absolute Gasteiger partial charge is 0.309 e. The average Bonchev–Trinajstić information content (AvgIpc) is 3.05. The van der Waals surface area contributed by atoms with Crippen LogP contribution in [-0.2, 0) is 0 Å². The SMILES string of the molecule is Cc1ccc(-n2cnc(C(=O)N(C)c3ccc(Cl)cc3)n2)cc1. The fraction of sp³-hybridized carbons (Fsp3) is 0.118. The molecule has 0 bridgehead atoms. The lowest BCUT2D eigenvalue weighted by atomic mass is 10.2. The summed E-state index contributed by atoms with van der Waals surface area (Å²) in [5.74, 6) is -0.138. The first-order valence-electron chi connectivity index (χ1n) is 7.07. The highest BCUT2D eigenvalue weighted by Crippen LogP contribution is 2.18. The van der Waals surface area contributed by atoms with E-state index in [1.165, 1.54) is 11.2 Å². The zero-order valence-electron chi connectivity index (χ0n) is 12.8. The van der Waals surface area contributed by atoms with Crippen molar-refractivity contribution in [2.45, 2.75) is 6.92 Å². The number of aromatic nitrogens is 3. The van der Waals surface area contributed by atoms with Crippen molar-refractivity contribution in [3.05, 3.63) is 71.3 Å². The number of benzene rings is 2. The Morgan fingerprint density at radius 1 is 1.09 bits per heavy atom. The Morgan fingerprint density at radius 3 is 2.39 bits per heavy atom. The van der Waals surface area contributed by atoms with E-state index in [9.17, 15) is 4.79 Å². The fourth-order valence-corrected chi connectivity index (χ4v) is 2.24. The van der Waals surface area contributed by atoms with E-state index in [1.54, 1.807) is 36.0 Å². The summed E-state index contributed by atoms with van der Waals surface area (Å²) in [6, 6.07) is 14.9. The highest BCUT2D eigenvalue weighted by molar-refractivity contribution is 6.30. The number of halogens is 1. The maximum Gasteiger partial charge on any atom is 0.297 e. The molecule has 0 saturated carbocycles. The van der Waals surface area contributed by atoms with Gasteiger partial charge in [0.15, 0.2) is 0 Å². The van der Waals surface area contributed by atoms with Crippen LogP contribution >= 0.6 is 11.6 Å². The molecule has 0 spiro atoms. The van der Waals surface area contributed by atoms with Crippen molar-refractivity contribution in [1.29, 1.82) is 0 Å². The summed E-state index contributed by atoms with van der Waals surface area (Å²) in [6.07, 6.45) is 1.54. The predicted molar refractivity (Wildman–Crippen MR) is 90.3 cm³/mol. The van der Waals surface area contributed by atoms with Crippen LogP contribution in [0.1, 0.15) is 16.2 Å². The molecule has 0 aliphatic rings. The highest BCUT2D eigenvalue weighted by atomic mass is 35.5. The Bertz CT molecular complexity index is 825. The van der Waals surface area contributed by atoms with E-state index in [1.807, 2.05) is 31.2 Å². The van der Waals surface area contributed by atoms with Gasteiger partial charge in [-0.15, -0.1) is 5.10 Å². The van der Waals surface area contributed by atoms with Crippen molar-refractivity contribution in [2.24, 2.45) is 0 Å². The number of nitrogens with zero attached hydrogens (tertiary/aromatic N) is 4. The molecule has 5 nitrogen and oxygen atoms in total. The Hall–Kier alpha value is -2.66. The van der Waals surface area contributed by atoms with Crippen molar-refractivity contribution in [3.8, 4) is 5.69 Å². The van der Waals surface area contributed by atoms with Gasteiger partial charge >= 0.3 is 0 Å². The van der Waals surface area contributed by atoms with Gasteiger partial charge in [0.2, 0.25) is 5.82 Å². The third-order valence-corrected chi connectivity index (χ3v) is 3.75. The monoisotopic (exact) mass is 326 g/mol. The minimum Gasteiger partial charge on any atom is -0.309 e. The molecule has 0 radical (unpaired) electrons. The molecule has 6 heteroatoms. The van der Waals surface area contributed by atoms with Gasteiger partial charge in [-0.25, -0.2) is 9.67 Å². The molecule has 0 saturated heterocycles. The first-order valence-corrected chi connectivity index (χ1v) is 7.45. The summed E-state index contributed by atoms with van der Waals surface area (Å²) in [5, 5.41) is 4.88. The summed E-state index contributed by atoms with van der Waals surface area (Å²) in [6.45, 7) is 2.02. The zero-order valence-corrected chi connectivity index (χ0v) is 13.5. The molecule has 0 aliphatic heterocycles. The molecule has 2 aromatic carbocycles. The molecule has 0 atom stereocenters. The third-order valence-electron chi connectivity index (χ3n) is 3.50. The third kappa shape index (κ3) is 3.24. The van der Waals surface area contributed by atoms with Crippen molar-refractivity contribution < 1.29 is 4.79 Å². The van der Waals surface area contributed by atoms with Crippen LogP contribution in [0, 0.1) is 6.92 Å². The molecule has 23 heavy (non-hydrogen) atoms. The zero-order chi connectivity index (χ0) is 16.4. The van der Waals surface area contributed by atoms with Crippen LogP contribution in [0.3, 0.4) is 0 Å². The lowest BCUT2D eigenvalue weighted by Crippen LogP contribution is -2.27. The minimum atomic E-state index is -0.279. The molecule has 3 rings (SSSR count). The lowest BCUT2D eigenvalue weighted by Gasteiger charge is -2.15. The van der Waals surface area contributed by atoms with E-state index < -0.39 is 0 Å². The predicted octanol–water partition coefficient (Wildman–Crippen LogP) is 3.51. The van der Waals surface area contributed by atoms with Crippen LogP contribution in [0.4, 0.5) is 5.69 Å². The smallest absolute Gasteiger partial charge is 0.297 e. The van der Waals surface area contributed by atoms with Gasteiger partial charge in [-0.05, 0) is 43.3 Å². The van der Waals surface area contributed by atoms with Crippen molar-refractivity contribution >= 4 is 23.2 Å². The number of amides is 1. The van der Waals surface area contributed by atoms with E-state index in [0.717, 1.165) is 16.9 Å². The molecule has 1 aromatic heterocycles. The summed E-state index contributed by atoms with van der Waals surface area (Å²) < 4.78 is 1.59. The van der Waals surface area contributed by atoms with Gasteiger partial charge in [-0.2, -0.15) is 0 Å². The minimum absolute atomic E-state index is 0.142. The van der Waals surface area contributed by atoms with Gasteiger partial charge in [-0.3, -0.25) is 4.79 Å². The first-order chi connectivity index (χ1) is 11.0. The normalized spacial score (nSPS) is 10.6. The molecule has 1 amide bonds. The number of aryl methyl sites for hydroxylation is 1. The van der Waals surface area contributed by atoms with Crippen LogP contribution < -0.4 is 4.90 Å². The summed E-state index contributed by atoms with van der Waals surface area (Å²) in [4.78, 5) is 18.1. The van der Waals surface area contributed by atoms with E-state index in [2.05, 4.69) is 10.1 Å². The molecule has 0 N–H and O–H groups in total. The van der Waals surface area contributed by atoms with E-state index in [4.69, 9.17) is 11.6 Å². The molecular weight excluding hydrogens is 312 g/mol. The first kappa shape index (κ1) is 15.2. The molecule has 1 heterocycles. The molecule has 0 aliphatic carbocycles. The number of carbonyl (C=O) groups is 1. The van der Waals surface area contributed by atoms with Gasteiger partial charge in [0.05, 0.1) is 5.69 Å². The van der Waals surface area contributed by atoms with Gasteiger partial charge in [0.1, 0.15) is 6.33 Å². The van der Waals surface area contributed by atoms with E-state index >= 15 is 0 Å². The van der Waals surface area contributed by atoms with Crippen LogP contribution in [-0.4, -0.2) is 27.7 Å². The number of hydrogen-bond acceptors (Lipinski definition) is 3. The summed E-state index contributed by atoms with van der Waals surface area (Å²) >= 11 is 5.86. The fourth-order valence-electron chi connectivity index (χ4n) is 2.11. The quantitative estimate of drug-likeness (QED) is 0.740. The summed E-state index contributed by atoms with van der Waals surface area (Å²) in [7, 11) is 1.68. The van der Waals surface area contributed by atoms with Crippen LogP contribution in [0.25, 0.3) is 5.69 Å². The van der Waals surface area contributed by atoms with Crippen LogP contribution in [0.2, 0.25) is 5.02 Å². The second-order valence-corrected chi connectivity index (χ2v) is 5.63. The van der Waals surface area contributed by atoms with Crippen molar-refractivity contribution in [1.82, 2.24) is 14.8 Å². The van der Waals surface area contributed by atoms with Crippen molar-refractivity contribution in [3.63, 3.8) is 0 Å². The number of anilines is 1. The second-order valence-electron chi connectivity index (χ2n) is 5.19. The van der Waals surface area contributed by atoms with Crippen molar-refractivity contribution in [2.75, 3.05) is 11.9 Å². The van der Waals surface area contributed by atoms with Crippen LogP contribution in [0.15, 0.2) is 54.9 Å². The topological polar surface area (TPSA) is 51.0 Å². The van der Waals surface area contributed by atoms with Crippen LogP contribution in [0.5, 0.6) is 0 Å². The molecule has 3 aromatic rings. The number of carbonyl (C=O) groups excluding carboxylic acids is 1. The molecule has 0 fully saturated rings. The standard InChI is InChI=1S/C17H15ClN4O/c1-12-3-7-15(8-4-12)22-11-19-16(20-22)17(23)21(2)14-9-5-13(18)6-10-14/h3-11H,1-2H3. The molecule has 116 valence electrons. The van der Waals surface area contributed by atoms with E-state index in [0.29, 0.717) is 5.02 Å². The Balaban J connectivity index is 1.83. The maximum absolute atomic E-state index is 12.5. The average molecular weight is 327 g/mol. The van der Waals surface area contributed by atoms with Gasteiger partial charge in [-0.1, -0.05) is 29.3 Å². The summed E-state index contributed by atoms with van der Waals surface area (Å²) in [5.41, 5.74) is 2.75. The lowest BCUT2D eigenvalue weighted by molar-refractivity contribution is 0.0983. The molecular formula is C17H15ClN4O. The molecule has 0 unspecified atom stereocenters. The van der Waals surface area contributed by atoms with E-state index in [-0.39, 0.29) is 11.7 Å². The Kier molecular flexibility index (Phi) is 4.12. The van der Waals surface area contributed by atoms with Gasteiger partial charge < -0.3 is 4.90 Å². The number of hydrogen-bond donors (Lipinski definition) is 0.